The summed E-state index contributed by atoms with van der Waals surface area (Å²) in [5.41, 5.74) is -0.403. The molecule has 1 rings (SSSR count). The van der Waals surface area contributed by atoms with Crippen molar-refractivity contribution in [3.05, 3.63) is 33.3 Å². The van der Waals surface area contributed by atoms with Crippen LogP contribution in [0.2, 0.25) is 5.02 Å². The Morgan fingerprint density at radius 1 is 1.57 bits per heavy atom. The molecule has 8 heteroatoms. The fourth-order valence-corrected chi connectivity index (χ4v) is 1.36. The first kappa shape index (κ1) is 10.9. The van der Waals surface area contributed by atoms with Gasteiger partial charge in [-0.25, -0.2) is 4.21 Å². The zero-order valence-corrected chi connectivity index (χ0v) is 8.21. The maximum absolute atomic E-state index is 10.5. The molecular weight excluding hydrogens is 232 g/mol. The fraction of sp³-hybridized carbons (Fsp3) is 0. The number of nitrogens with zero attached hydrogens (tertiary/aromatic N) is 1. The summed E-state index contributed by atoms with van der Waals surface area (Å²) in [5, 5.41) is 10.7. The number of nitrogens with one attached hydrogen (secondary N) is 1. The zero-order valence-electron chi connectivity index (χ0n) is 6.64. The lowest BCUT2D eigenvalue weighted by Gasteiger charge is -2.02. The topological polar surface area (TPSA) is 92.5 Å². The van der Waals surface area contributed by atoms with Crippen molar-refractivity contribution in [2.45, 2.75) is 0 Å². The molecule has 0 heterocycles. The SMILES string of the molecule is O=[N+]([O-])c1cc(Cl)ccc1NS(=O)O. The Bertz CT molecular complexity index is 397. The van der Waals surface area contributed by atoms with Crippen molar-refractivity contribution in [1.82, 2.24) is 0 Å². The zero-order chi connectivity index (χ0) is 10.7. The lowest BCUT2D eigenvalue weighted by molar-refractivity contribution is -0.383. The van der Waals surface area contributed by atoms with E-state index >= 15 is 0 Å². The van der Waals surface area contributed by atoms with Crippen molar-refractivity contribution in [2.24, 2.45) is 0 Å². The molecule has 0 spiro atoms. The van der Waals surface area contributed by atoms with Gasteiger partial charge in [0, 0.05) is 11.1 Å². The molecular formula is C6H5ClN2O4S. The first-order chi connectivity index (χ1) is 6.50. The van der Waals surface area contributed by atoms with E-state index in [-0.39, 0.29) is 16.4 Å². The molecule has 0 saturated heterocycles. The summed E-state index contributed by atoms with van der Waals surface area (Å²) in [7, 11) is 0. The first-order valence-electron chi connectivity index (χ1n) is 3.32. The van der Waals surface area contributed by atoms with E-state index in [1.165, 1.54) is 12.1 Å². The second-order valence-electron chi connectivity index (χ2n) is 2.27. The third-order valence-corrected chi connectivity index (χ3v) is 1.98. The smallest absolute Gasteiger partial charge is 0.289 e. The number of hydrogen-bond donors (Lipinski definition) is 2. The average Bonchev–Trinajstić information content (AvgIpc) is 2.07. The summed E-state index contributed by atoms with van der Waals surface area (Å²) in [6.45, 7) is 0. The van der Waals surface area contributed by atoms with Gasteiger partial charge in [0.05, 0.1) is 4.92 Å². The van der Waals surface area contributed by atoms with Crippen molar-refractivity contribution in [2.75, 3.05) is 4.72 Å². The Balaban J connectivity index is 3.14. The van der Waals surface area contributed by atoms with Crippen LogP contribution in [0.25, 0.3) is 0 Å². The number of anilines is 1. The Labute approximate surface area is 86.5 Å². The van der Waals surface area contributed by atoms with Crippen molar-refractivity contribution in [3.8, 4) is 0 Å². The second-order valence-corrected chi connectivity index (χ2v) is 3.41. The molecule has 1 aromatic carbocycles. The Hall–Kier alpha value is -1.18. The predicted octanol–water partition coefficient (Wildman–Crippen LogP) is 1.80. The average molecular weight is 237 g/mol. The summed E-state index contributed by atoms with van der Waals surface area (Å²) in [5.74, 6) is 0. The highest BCUT2D eigenvalue weighted by Gasteiger charge is 2.14. The van der Waals surface area contributed by atoms with E-state index in [1.807, 2.05) is 4.72 Å². The van der Waals surface area contributed by atoms with Crippen molar-refractivity contribution in [1.29, 1.82) is 0 Å². The van der Waals surface area contributed by atoms with Gasteiger partial charge in [-0.1, -0.05) is 11.6 Å². The lowest BCUT2D eigenvalue weighted by Crippen LogP contribution is -2.04. The summed E-state index contributed by atoms with van der Waals surface area (Å²) >= 11 is 3.18. The Kier molecular flexibility index (Phi) is 3.39. The number of rotatable bonds is 3. The van der Waals surface area contributed by atoms with E-state index < -0.39 is 16.2 Å². The molecule has 0 aromatic heterocycles. The second kappa shape index (κ2) is 4.36. The molecule has 0 saturated carbocycles. The molecule has 0 aliphatic carbocycles. The highest BCUT2D eigenvalue weighted by molar-refractivity contribution is 7.80. The van der Waals surface area contributed by atoms with Crippen LogP contribution in [0.5, 0.6) is 0 Å². The molecule has 0 radical (unpaired) electrons. The van der Waals surface area contributed by atoms with Crippen molar-refractivity contribution < 1.29 is 13.7 Å². The van der Waals surface area contributed by atoms with Crippen molar-refractivity contribution >= 4 is 34.2 Å². The lowest BCUT2D eigenvalue weighted by atomic mass is 10.3. The molecule has 2 N–H and O–H groups in total. The van der Waals surface area contributed by atoms with Crippen LogP contribution in [-0.4, -0.2) is 13.7 Å². The number of nitro groups is 1. The summed E-state index contributed by atoms with van der Waals surface area (Å²) in [6.07, 6.45) is 0. The van der Waals surface area contributed by atoms with Crippen molar-refractivity contribution in [3.63, 3.8) is 0 Å². The molecule has 0 bridgehead atoms. The van der Waals surface area contributed by atoms with Crippen LogP contribution in [0.1, 0.15) is 0 Å². The third kappa shape index (κ3) is 2.66. The van der Waals surface area contributed by atoms with E-state index in [9.17, 15) is 14.3 Å². The minimum absolute atomic E-state index is 0.0553. The van der Waals surface area contributed by atoms with E-state index in [4.69, 9.17) is 16.2 Å². The van der Waals surface area contributed by atoms with Crippen LogP contribution in [-0.2, 0) is 11.3 Å². The monoisotopic (exact) mass is 236 g/mol. The molecule has 0 aliphatic rings. The number of halogens is 1. The van der Waals surface area contributed by atoms with E-state index in [0.717, 1.165) is 6.07 Å². The summed E-state index contributed by atoms with van der Waals surface area (Å²) in [4.78, 5) is 9.79. The van der Waals surface area contributed by atoms with E-state index in [2.05, 4.69) is 0 Å². The Morgan fingerprint density at radius 3 is 2.71 bits per heavy atom. The van der Waals surface area contributed by atoms with Crippen LogP contribution in [0.15, 0.2) is 18.2 Å². The third-order valence-electron chi connectivity index (χ3n) is 1.35. The predicted molar refractivity (Wildman–Crippen MR) is 52.5 cm³/mol. The van der Waals surface area contributed by atoms with Gasteiger partial charge in [0.2, 0.25) is 0 Å². The van der Waals surface area contributed by atoms with Crippen LogP contribution in [0.4, 0.5) is 11.4 Å². The van der Waals surface area contributed by atoms with Gasteiger partial charge in [0.1, 0.15) is 5.69 Å². The first-order valence-corrected chi connectivity index (χ1v) is 4.80. The van der Waals surface area contributed by atoms with Gasteiger partial charge < -0.3 is 0 Å². The molecule has 0 fully saturated rings. The molecule has 1 unspecified atom stereocenters. The van der Waals surface area contributed by atoms with E-state index in [0.29, 0.717) is 0 Å². The van der Waals surface area contributed by atoms with Gasteiger partial charge in [0.25, 0.3) is 17.0 Å². The molecule has 6 nitrogen and oxygen atoms in total. The number of benzene rings is 1. The van der Waals surface area contributed by atoms with Crippen LogP contribution >= 0.6 is 11.6 Å². The van der Waals surface area contributed by atoms with Gasteiger partial charge in [-0.05, 0) is 12.1 Å². The largest absolute Gasteiger partial charge is 0.294 e. The minimum atomic E-state index is -2.35. The van der Waals surface area contributed by atoms with Crippen LogP contribution in [0.3, 0.4) is 0 Å². The summed E-state index contributed by atoms with van der Waals surface area (Å²) < 4.78 is 20.9. The molecule has 14 heavy (non-hydrogen) atoms. The Morgan fingerprint density at radius 2 is 2.21 bits per heavy atom. The highest BCUT2D eigenvalue weighted by Crippen LogP contribution is 2.27. The maximum Gasteiger partial charge on any atom is 0.294 e. The van der Waals surface area contributed by atoms with Crippen LogP contribution < -0.4 is 4.72 Å². The van der Waals surface area contributed by atoms with Gasteiger partial charge in [0.15, 0.2) is 0 Å². The number of hydrogen-bond acceptors (Lipinski definition) is 3. The number of nitro benzene ring substituents is 1. The standard InChI is InChI=1S/C6H5ClN2O4S/c7-4-1-2-5(8-14(12)13)6(3-4)9(10)11/h1-3,8H,(H,12,13). The van der Waals surface area contributed by atoms with Gasteiger partial charge in [-0.3, -0.25) is 19.4 Å². The van der Waals surface area contributed by atoms with E-state index in [1.54, 1.807) is 0 Å². The fourth-order valence-electron chi connectivity index (χ4n) is 0.836. The normalized spacial score (nSPS) is 12.1. The van der Waals surface area contributed by atoms with Crippen LogP contribution in [0, 0.1) is 10.1 Å². The molecule has 1 atom stereocenters. The molecule has 76 valence electrons. The molecule has 0 aliphatic heterocycles. The van der Waals surface area contributed by atoms with Gasteiger partial charge in [-0.2, -0.15) is 0 Å². The van der Waals surface area contributed by atoms with Gasteiger partial charge in [-0.15, -0.1) is 0 Å². The summed E-state index contributed by atoms with van der Waals surface area (Å²) in [6, 6.07) is 3.73. The quantitative estimate of drug-likeness (QED) is 0.475. The molecule has 1 aromatic rings. The highest BCUT2D eigenvalue weighted by atomic mass is 35.5. The maximum atomic E-state index is 10.5. The van der Waals surface area contributed by atoms with Gasteiger partial charge >= 0.3 is 0 Å². The minimum Gasteiger partial charge on any atom is -0.289 e. The molecule has 0 amide bonds.